The normalized spacial score (nSPS) is 15.2. The van der Waals surface area contributed by atoms with Crippen molar-refractivity contribution >= 4 is 45.0 Å². The van der Waals surface area contributed by atoms with Crippen LogP contribution in [0.4, 0.5) is 5.69 Å². The molecule has 1 heterocycles. The number of nitrogens with one attached hydrogen (secondary N) is 2. The Kier molecular flexibility index (Phi) is 8.38. The highest BCUT2D eigenvalue weighted by Crippen LogP contribution is 2.22. The van der Waals surface area contributed by atoms with Gasteiger partial charge >= 0.3 is 0 Å². The molecule has 170 valence electrons. The molecule has 1 saturated heterocycles. The summed E-state index contributed by atoms with van der Waals surface area (Å²) >= 11 is 5.19. The summed E-state index contributed by atoms with van der Waals surface area (Å²) in [5.41, 5.74) is 1.35. The van der Waals surface area contributed by atoms with Crippen LogP contribution in [-0.2, 0) is 14.8 Å². The third-order valence-corrected chi connectivity index (χ3v) is 7.22. The molecule has 3 rings (SSSR count). The van der Waals surface area contributed by atoms with E-state index in [-0.39, 0.29) is 10.0 Å². The van der Waals surface area contributed by atoms with E-state index in [0.717, 1.165) is 31.2 Å². The molecule has 0 unspecified atom stereocenters. The number of carbonyl (C=O) groups excluding carboxylic acids is 1. The number of sulfonamides is 1. The molecule has 9 heteroatoms. The second-order valence-corrected chi connectivity index (χ2v) is 9.71. The lowest BCUT2D eigenvalue weighted by Crippen LogP contribution is -2.33. The molecule has 1 aliphatic rings. The summed E-state index contributed by atoms with van der Waals surface area (Å²) in [6, 6.07) is 13.7. The summed E-state index contributed by atoms with van der Waals surface area (Å²) in [7, 11) is -1.94. The minimum atomic E-state index is -3.51. The fourth-order valence-electron chi connectivity index (χ4n) is 3.43. The number of anilines is 1. The first-order valence-electron chi connectivity index (χ1n) is 10.4. The molecule has 0 radical (unpaired) electrons. The molecule has 0 atom stereocenters. The van der Waals surface area contributed by atoms with Crippen molar-refractivity contribution in [1.29, 1.82) is 0 Å². The molecule has 1 amide bonds. The maximum Gasteiger partial charge on any atom is 0.250 e. The van der Waals surface area contributed by atoms with Gasteiger partial charge in [0.15, 0.2) is 5.11 Å². The van der Waals surface area contributed by atoms with E-state index in [1.165, 1.54) is 6.08 Å². The Labute approximate surface area is 194 Å². The third kappa shape index (κ3) is 6.38. The van der Waals surface area contributed by atoms with Crippen LogP contribution in [-0.4, -0.2) is 43.9 Å². The summed E-state index contributed by atoms with van der Waals surface area (Å²) in [5, 5.41) is 5.57. The van der Waals surface area contributed by atoms with Crippen LogP contribution in [0, 0.1) is 0 Å². The van der Waals surface area contributed by atoms with Gasteiger partial charge in [-0.15, -0.1) is 0 Å². The Hall–Kier alpha value is -2.75. The van der Waals surface area contributed by atoms with Crippen LogP contribution in [0.3, 0.4) is 0 Å². The van der Waals surface area contributed by atoms with Crippen LogP contribution in [0.25, 0.3) is 6.08 Å². The highest BCUT2D eigenvalue weighted by atomic mass is 32.2. The SMILES string of the molecule is COc1ccccc1/C=C/C(=O)NC(=S)Nc1ccc(S(=O)(=O)N2CCCCCC2)cc1. The van der Waals surface area contributed by atoms with E-state index in [0.29, 0.717) is 24.5 Å². The highest BCUT2D eigenvalue weighted by molar-refractivity contribution is 7.89. The summed E-state index contributed by atoms with van der Waals surface area (Å²) in [5.74, 6) is 0.265. The predicted octanol–water partition coefficient (Wildman–Crippen LogP) is 3.79. The zero-order valence-corrected chi connectivity index (χ0v) is 19.5. The minimum absolute atomic E-state index is 0.114. The molecule has 32 heavy (non-hydrogen) atoms. The van der Waals surface area contributed by atoms with Gasteiger partial charge in [-0.3, -0.25) is 10.1 Å². The van der Waals surface area contributed by atoms with Crippen molar-refractivity contribution in [2.24, 2.45) is 0 Å². The molecule has 1 fully saturated rings. The molecule has 1 aliphatic heterocycles. The number of hydrogen-bond donors (Lipinski definition) is 2. The quantitative estimate of drug-likeness (QED) is 0.490. The number of amides is 1. The van der Waals surface area contributed by atoms with Gasteiger partial charge in [0, 0.05) is 30.4 Å². The Balaban J connectivity index is 1.57. The number of rotatable bonds is 6. The Morgan fingerprint density at radius 1 is 1.03 bits per heavy atom. The molecule has 0 spiro atoms. The smallest absolute Gasteiger partial charge is 0.250 e. The van der Waals surface area contributed by atoms with Crippen molar-refractivity contribution in [3.05, 3.63) is 60.2 Å². The van der Waals surface area contributed by atoms with Gasteiger partial charge in [-0.05, 0) is 61.5 Å². The van der Waals surface area contributed by atoms with E-state index in [4.69, 9.17) is 17.0 Å². The van der Waals surface area contributed by atoms with Crippen LogP contribution in [0.1, 0.15) is 31.2 Å². The Morgan fingerprint density at radius 3 is 2.34 bits per heavy atom. The molecular formula is C23H27N3O4S2. The molecule has 2 aromatic carbocycles. The van der Waals surface area contributed by atoms with E-state index in [2.05, 4.69) is 10.6 Å². The number of hydrogen-bond acceptors (Lipinski definition) is 5. The highest BCUT2D eigenvalue weighted by Gasteiger charge is 2.24. The molecule has 0 bridgehead atoms. The van der Waals surface area contributed by atoms with Crippen LogP contribution in [0.15, 0.2) is 59.5 Å². The lowest BCUT2D eigenvalue weighted by molar-refractivity contribution is -0.115. The zero-order valence-electron chi connectivity index (χ0n) is 17.9. The van der Waals surface area contributed by atoms with Gasteiger partial charge in [-0.2, -0.15) is 4.31 Å². The fourth-order valence-corrected chi connectivity index (χ4v) is 5.16. The lowest BCUT2D eigenvalue weighted by Gasteiger charge is -2.20. The first-order valence-corrected chi connectivity index (χ1v) is 12.3. The maximum absolute atomic E-state index is 12.9. The number of methoxy groups -OCH3 is 1. The van der Waals surface area contributed by atoms with Gasteiger partial charge in [0.2, 0.25) is 15.9 Å². The van der Waals surface area contributed by atoms with Gasteiger partial charge in [0.05, 0.1) is 12.0 Å². The molecule has 0 saturated carbocycles. The van der Waals surface area contributed by atoms with E-state index >= 15 is 0 Å². The summed E-state index contributed by atoms with van der Waals surface area (Å²) in [6.07, 6.45) is 6.90. The first-order chi connectivity index (χ1) is 15.4. The number of ether oxygens (including phenoxy) is 1. The Bertz CT molecular complexity index is 1070. The monoisotopic (exact) mass is 473 g/mol. The van der Waals surface area contributed by atoms with Crippen molar-refractivity contribution in [3.63, 3.8) is 0 Å². The summed E-state index contributed by atoms with van der Waals surface area (Å²) < 4.78 is 32.5. The zero-order chi connectivity index (χ0) is 23.0. The van der Waals surface area contributed by atoms with Crippen LogP contribution in [0.2, 0.25) is 0 Å². The largest absolute Gasteiger partial charge is 0.496 e. The maximum atomic E-state index is 12.9. The van der Waals surface area contributed by atoms with Gasteiger partial charge in [0.25, 0.3) is 0 Å². The van der Waals surface area contributed by atoms with Crippen LogP contribution in [0.5, 0.6) is 5.75 Å². The molecule has 2 aromatic rings. The molecule has 2 N–H and O–H groups in total. The van der Waals surface area contributed by atoms with Crippen LogP contribution >= 0.6 is 12.2 Å². The van der Waals surface area contributed by atoms with E-state index in [1.807, 2.05) is 18.2 Å². The van der Waals surface area contributed by atoms with Crippen molar-refractivity contribution in [2.75, 3.05) is 25.5 Å². The minimum Gasteiger partial charge on any atom is -0.496 e. The van der Waals surface area contributed by atoms with Crippen molar-refractivity contribution in [3.8, 4) is 5.75 Å². The molecular weight excluding hydrogens is 446 g/mol. The average molecular weight is 474 g/mol. The molecule has 0 aromatic heterocycles. The van der Waals surface area contributed by atoms with Crippen LogP contribution < -0.4 is 15.4 Å². The number of carbonyl (C=O) groups is 1. The van der Waals surface area contributed by atoms with Crippen molar-refractivity contribution < 1.29 is 17.9 Å². The van der Waals surface area contributed by atoms with Gasteiger partial charge in [-0.25, -0.2) is 8.42 Å². The van der Waals surface area contributed by atoms with E-state index < -0.39 is 15.9 Å². The van der Waals surface area contributed by atoms with E-state index in [9.17, 15) is 13.2 Å². The summed E-state index contributed by atoms with van der Waals surface area (Å²) in [6.45, 7) is 1.11. The molecule has 0 aliphatic carbocycles. The third-order valence-electron chi connectivity index (χ3n) is 5.10. The number of nitrogens with zero attached hydrogens (tertiary/aromatic N) is 1. The standard InChI is InChI=1S/C23H27N3O4S2/c1-30-21-9-5-4-8-18(21)10-15-22(27)25-23(31)24-19-11-13-20(14-12-19)32(28,29)26-16-6-2-3-7-17-26/h4-5,8-15H,2-3,6-7,16-17H2,1H3,(H2,24,25,27,31)/b15-10+. The predicted molar refractivity (Wildman–Crippen MR) is 130 cm³/mol. The van der Waals surface area contributed by atoms with Crippen molar-refractivity contribution in [1.82, 2.24) is 9.62 Å². The fraction of sp³-hybridized carbons (Fsp3) is 0.304. The number of benzene rings is 2. The van der Waals surface area contributed by atoms with Crippen molar-refractivity contribution in [2.45, 2.75) is 30.6 Å². The Morgan fingerprint density at radius 2 is 1.69 bits per heavy atom. The average Bonchev–Trinajstić information content (AvgIpc) is 3.08. The number of thiocarbonyl (C=S) groups is 1. The topological polar surface area (TPSA) is 87.7 Å². The van der Waals surface area contributed by atoms with Gasteiger partial charge in [0.1, 0.15) is 5.75 Å². The lowest BCUT2D eigenvalue weighted by atomic mass is 10.2. The van der Waals surface area contributed by atoms with Gasteiger partial charge in [-0.1, -0.05) is 31.0 Å². The van der Waals surface area contributed by atoms with E-state index in [1.54, 1.807) is 47.8 Å². The number of para-hydroxylation sites is 1. The van der Waals surface area contributed by atoms with Gasteiger partial charge < -0.3 is 10.1 Å². The summed E-state index contributed by atoms with van der Waals surface area (Å²) in [4.78, 5) is 12.4. The first kappa shape index (κ1) is 23.9. The molecule has 7 nitrogen and oxygen atoms in total. The second-order valence-electron chi connectivity index (χ2n) is 7.36. The second kappa shape index (κ2) is 11.2.